The van der Waals surface area contributed by atoms with Gasteiger partial charge in [-0.25, -0.2) is 8.42 Å². The van der Waals surface area contributed by atoms with Crippen molar-refractivity contribution < 1.29 is 18.3 Å². The van der Waals surface area contributed by atoms with Crippen LogP contribution < -0.4 is 20.9 Å². The van der Waals surface area contributed by atoms with Gasteiger partial charge in [0, 0.05) is 49.0 Å². The number of rotatable bonds is 13. The number of hydrogen-bond donors (Lipinski definition) is 5. The number of nitrogens with zero attached hydrogens (tertiary/aromatic N) is 4. The predicted octanol–water partition coefficient (Wildman–Crippen LogP) is 2.68. The van der Waals surface area contributed by atoms with Gasteiger partial charge in [-0.05, 0) is 62.2 Å². The summed E-state index contributed by atoms with van der Waals surface area (Å²) in [6.07, 6.45) is 1.72. The number of aryl methyl sites for hydroxylation is 2. The molecule has 45 heavy (non-hydrogen) atoms. The Morgan fingerprint density at radius 2 is 1.82 bits per heavy atom. The molecule has 1 atom stereocenters. The van der Waals surface area contributed by atoms with Gasteiger partial charge in [0.15, 0.2) is 11.3 Å². The first kappa shape index (κ1) is 31.6. The molecule has 3 aromatic heterocycles. The highest BCUT2D eigenvalue weighted by atomic mass is 32.2. The summed E-state index contributed by atoms with van der Waals surface area (Å²) < 4.78 is 31.3. The van der Waals surface area contributed by atoms with Crippen molar-refractivity contribution in [3.63, 3.8) is 0 Å². The van der Waals surface area contributed by atoms with E-state index in [1.54, 1.807) is 55.6 Å². The minimum atomic E-state index is -3.75. The van der Waals surface area contributed by atoms with Crippen molar-refractivity contribution in [1.29, 1.82) is 0 Å². The zero-order valence-corrected chi connectivity index (χ0v) is 26.0. The van der Waals surface area contributed by atoms with E-state index in [-0.39, 0.29) is 34.8 Å². The number of H-pyrrole nitrogens is 1. The van der Waals surface area contributed by atoms with E-state index < -0.39 is 22.0 Å². The van der Waals surface area contributed by atoms with Crippen LogP contribution in [-0.2, 0) is 30.2 Å². The molecule has 14 heteroatoms. The second-order valence-electron chi connectivity index (χ2n) is 11.5. The molecule has 0 bridgehead atoms. The van der Waals surface area contributed by atoms with Crippen molar-refractivity contribution in [2.24, 2.45) is 7.05 Å². The van der Waals surface area contributed by atoms with Crippen LogP contribution in [0.2, 0.25) is 0 Å². The van der Waals surface area contributed by atoms with Crippen molar-refractivity contribution in [1.82, 2.24) is 35.2 Å². The number of aromatic amines is 1. The molecule has 0 spiro atoms. The Morgan fingerprint density at radius 1 is 1.04 bits per heavy atom. The molecule has 0 aliphatic rings. The van der Waals surface area contributed by atoms with Crippen molar-refractivity contribution >= 4 is 32.7 Å². The Balaban J connectivity index is 1.14. The van der Waals surface area contributed by atoms with Crippen LogP contribution in [0.15, 0.2) is 88.7 Å². The molecular formula is C31H36N8O5S. The third-order valence-corrected chi connectivity index (χ3v) is 8.85. The standard InChI is InChI=1S/C31H36N8O5S/c1-31(2,33-20-27(40)21-8-7-9-23(16-21)37-45(43,44)25-10-5-4-6-11-25)13-15-39-14-12-22-17-26(34-35-29(22)39)30(42)32-19-24-18-28(41)38(3)36-24/h4-12,14,16-18,27,33,36-37,40H,13,15,19-20H2,1-3H3,(H,32,42)/t27-/m0/s1. The van der Waals surface area contributed by atoms with Gasteiger partial charge in [0.05, 0.1) is 23.2 Å². The smallest absolute Gasteiger partial charge is 0.272 e. The van der Waals surface area contributed by atoms with E-state index >= 15 is 0 Å². The van der Waals surface area contributed by atoms with Gasteiger partial charge in [0.1, 0.15) is 0 Å². The number of amides is 1. The van der Waals surface area contributed by atoms with Crippen LogP contribution >= 0.6 is 0 Å². The first-order valence-corrected chi connectivity index (χ1v) is 15.9. The SMILES string of the molecule is Cn1[nH]c(CNC(=O)c2cc3ccn(CCC(C)(C)NC[C@H](O)c4cccc(NS(=O)(=O)c5ccccc5)c4)c3nn2)cc1=O. The number of carbonyl (C=O) groups is 1. The first-order chi connectivity index (χ1) is 21.4. The van der Waals surface area contributed by atoms with Crippen LogP contribution in [-0.4, -0.2) is 56.1 Å². The maximum absolute atomic E-state index is 12.7. The second-order valence-corrected chi connectivity index (χ2v) is 13.1. The molecule has 236 valence electrons. The van der Waals surface area contributed by atoms with Crippen LogP contribution in [0, 0.1) is 0 Å². The van der Waals surface area contributed by atoms with Crippen LogP contribution in [0.1, 0.15) is 48.1 Å². The number of sulfonamides is 1. The fraction of sp³-hybridized carbons (Fsp3) is 0.290. The lowest BCUT2D eigenvalue weighted by Crippen LogP contribution is -2.42. The highest BCUT2D eigenvalue weighted by molar-refractivity contribution is 7.92. The highest BCUT2D eigenvalue weighted by Gasteiger charge is 2.21. The lowest BCUT2D eigenvalue weighted by molar-refractivity contribution is 0.0944. The second kappa shape index (κ2) is 13.1. The van der Waals surface area contributed by atoms with Crippen LogP contribution in [0.25, 0.3) is 11.0 Å². The van der Waals surface area contributed by atoms with Gasteiger partial charge in [0.25, 0.3) is 21.5 Å². The number of benzene rings is 2. The lowest BCUT2D eigenvalue weighted by Gasteiger charge is -2.28. The number of anilines is 1. The summed E-state index contributed by atoms with van der Waals surface area (Å²) in [4.78, 5) is 24.4. The molecule has 5 rings (SSSR count). The number of hydrogen-bond acceptors (Lipinski definition) is 8. The molecule has 0 saturated heterocycles. The molecule has 1 amide bonds. The normalized spacial score (nSPS) is 12.7. The van der Waals surface area contributed by atoms with Crippen molar-refractivity contribution in [2.75, 3.05) is 11.3 Å². The average molecular weight is 633 g/mol. The Morgan fingerprint density at radius 3 is 2.56 bits per heavy atom. The predicted molar refractivity (Wildman–Crippen MR) is 170 cm³/mol. The quantitative estimate of drug-likeness (QED) is 0.132. The van der Waals surface area contributed by atoms with E-state index in [1.807, 2.05) is 30.7 Å². The molecule has 5 aromatic rings. The topological polar surface area (TPSA) is 176 Å². The van der Waals surface area contributed by atoms with Crippen molar-refractivity contribution in [3.8, 4) is 0 Å². The molecule has 5 N–H and O–H groups in total. The highest BCUT2D eigenvalue weighted by Crippen LogP contribution is 2.22. The van der Waals surface area contributed by atoms with Gasteiger partial charge < -0.3 is 20.3 Å². The summed E-state index contributed by atoms with van der Waals surface area (Å²) in [5.74, 6) is -0.398. The van der Waals surface area contributed by atoms with Crippen LogP contribution in [0.4, 0.5) is 5.69 Å². The molecule has 0 saturated carbocycles. The van der Waals surface area contributed by atoms with E-state index in [9.17, 15) is 23.1 Å². The van der Waals surface area contributed by atoms with Crippen molar-refractivity contribution in [2.45, 2.75) is 49.9 Å². The average Bonchev–Trinajstić information content (AvgIpc) is 3.59. The number of carbonyl (C=O) groups excluding carboxylic acids is 1. The molecule has 0 aliphatic carbocycles. The molecule has 0 aliphatic heterocycles. The Labute approximate surface area is 260 Å². The Hall–Kier alpha value is -4.79. The number of aromatic nitrogens is 5. The zero-order chi connectivity index (χ0) is 32.2. The lowest BCUT2D eigenvalue weighted by atomic mass is 9.99. The van der Waals surface area contributed by atoms with Gasteiger partial charge in [-0.3, -0.25) is 24.1 Å². The summed E-state index contributed by atoms with van der Waals surface area (Å²) >= 11 is 0. The van der Waals surface area contributed by atoms with Gasteiger partial charge in [-0.1, -0.05) is 30.3 Å². The molecule has 2 aromatic carbocycles. The number of aliphatic hydroxyl groups excluding tert-OH is 1. The van der Waals surface area contributed by atoms with Gasteiger partial charge in [0.2, 0.25) is 0 Å². The summed E-state index contributed by atoms with van der Waals surface area (Å²) in [5, 5.41) is 29.0. The number of nitrogens with one attached hydrogen (secondary N) is 4. The van der Waals surface area contributed by atoms with Gasteiger partial charge >= 0.3 is 0 Å². The maximum atomic E-state index is 12.7. The number of fused-ring (bicyclic) bond motifs is 1. The number of aliphatic hydroxyl groups is 1. The minimum Gasteiger partial charge on any atom is -0.387 e. The maximum Gasteiger partial charge on any atom is 0.272 e. The molecular weight excluding hydrogens is 596 g/mol. The Bertz CT molecular complexity index is 1960. The zero-order valence-electron chi connectivity index (χ0n) is 25.2. The van der Waals surface area contributed by atoms with E-state index in [2.05, 4.69) is 30.7 Å². The minimum absolute atomic E-state index is 0.158. The largest absolute Gasteiger partial charge is 0.387 e. The van der Waals surface area contributed by atoms with Crippen LogP contribution in [0.5, 0.6) is 0 Å². The molecule has 13 nitrogen and oxygen atoms in total. The van der Waals surface area contributed by atoms with E-state index in [4.69, 9.17) is 0 Å². The third-order valence-electron chi connectivity index (χ3n) is 7.45. The third kappa shape index (κ3) is 7.84. The fourth-order valence-corrected chi connectivity index (χ4v) is 5.86. The summed E-state index contributed by atoms with van der Waals surface area (Å²) in [6, 6.07) is 19.8. The molecule has 0 radical (unpaired) electrons. The number of β-amino-alcohol motifs (C(OH)–C–C–N with tert-alkyl or cyclic N) is 1. The van der Waals surface area contributed by atoms with Gasteiger partial charge in [-0.2, -0.15) is 0 Å². The Kier molecular flexibility index (Phi) is 9.18. The summed E-state index contributed by atoms with van der Waals surface area (Å²) in [6.45, 7) is 5.08. The monoisotopic (exact) mass is 632 g/mol. The van der Waals surface area contributed by atoms with Gasteiger partial charge in [-0.15, -0.1) is 10.2 Å². The van der Waals surface area contributed by atoms with E-state index in [0.717, 1.165) is 5.39 Å². The first-order valence-electron chi connectivity index (χ1n) is 14.4. The van der Waals surface area contributed by atoms with Crippen LogP contribution in [0.3, 0.4) is 0 Å². The summed E-state index contributed by atoms with van der Waals surface area (Å²) in [5.41, 5.74) is 1.79. The molecule has 0 fully saturated rings. The molecule has 0 unspecified atom stereocenters. The van der Waals surface area contributed by atoms with Crippen molar-refractivity contribution in [3.05, 3.63) is 106 Å². The molecule has 3 heterocycles. The fourth-order valence-electron chi connectivity index (χ4n) is 4.79. The summed E-state index contributed by atoms with van der Waals surface area (Å²) in [7, 11) is -2.15. The van der Waals surface area contributed by atoms with E-state index in [0.29, 0.717) is 35.6 Å². The van der Waals surface area contributed by atoms with E-state index in [1.165, 1.54) is 22.9 Å².